The average molecular weight is 236 g/mol. The second-order valence-electron chi connectivity index (χ2n) is 3.48. The second kappa shape index (κ2) is 3.85. The molecule has 0 saturated carbocycles. The Hall–Kier alpha value is -2.44. The number of ether oxygens (including phenoxy) is 1. The molecule has 7 heteroatoms. The van der Waals surface area contributed by atoms with Crippen molar-refractivity contribution in [2.45, 2.75) is 5.85 Å². The molecule has 2 rings (SSSR count). The molecule has 1 aromatic rings. The molecule has 0 spiro atoms. The number of para-hydroxylation sites is 2. The molecule has 17 heavy (non-hydrogen) atoms. The highest BCUT2D eigenvalue weighted by molar-refractivity contribution is 5.97. The number of anilines is 2. The van der Waals surface area contributed by atoms with Gasteiger partial charge in [-0.3, -0.25) is 4.79 Å². The lowest BCUT2D eigenvalue weighted by Crippen LogP contribution is -2.58. The van der Waals surface area contributed by atoms with Gasteiger partial charge in [0.25, 0.3) is 0 Å². The van der Waals surface area contributed by atoms with Gasteiger partial charge in [0.1, 0.15) is 0 Å². The van der Waals surface area contributed by atoms with Gasteiger partial charge in [0.05, 0.1) is 11.4 Å². The Morgan fingerprint density at radius 2 is 1.82 bits per heavy atom. The van der Waals surface area contributed by atoms with Crippen molar-refractivity contribution in [3.8, 4) is 0 Å². The molecular weight excluding hydrogens is 224 g/mol. The molecule has 0 atom stereocenters. The molecule has 0 aliphatic carbocycles. The summed E-state index contributed by atoms with van der Waals surface area (Å²) in [5.74, 6) is -2.24. The van der Waals surface area contributed by atoms with E-state index in [1.54, 1.807) is 24.3 Å². The number of rotatable bonds is 2. The zero-order valence-corrected chi connectivity index (χ0v) is 9.11. The van der Waals surface area contributed by atoms with Crippen LogP contribution in [0.25, 0.3) is 0 Å². The number of carbonyl (C=O) groups excluding carboxylic acids is 2. The zero-order valence-electron chi connectivity index (χ0n) is 9.11. The van der Waals surface area contributed by atoms with Crippen LogP contribution in [0.5, 0.6) is 0 Å². The van der Waals surface area contributed by atoms with E-state index in [9.17, 15) is 9.59 Å². The van der Waals surface area contributed by atoms with E-state index in [0.717, 1.165) is 0 Å². The summed E-state index contributed by atoms with van der Waals surface area (Å²) >= 11 is 0. The minimum atomic E-state index is -1.69. The monoisotopic (exact) mass is 236 g/mol. The Morgan fingerprint density at radius 1 is 1.29 bits per heavy atom. The highest BCUT2D eigenvalue weighted by atomic mass is 16.6. The Balaban J connectivity index is 2.34. The second-order valence-corrected chi connectivity index (χ2v) is 3.48. The molecule has 0 unspecified atom stereocenters. The van der Waals surface area contributed by atoms with Gasteiger partial charge in [-0.1, -0.05) is 12.1 Å². The molecular formula is C10H12N4O3. The van der Waals surface area contributed by atoms with E-state index in [4.69, 9.17) is 10.5 Å². The van der Waals surface area contributed by atoms with Crippen LogP contribution in [0.1, 0.15) is 0 Å². The van der Waals surface area contributed by atoms with Crippen molar-refractivity contribution in [3.05, 3.63) is 24.3 Å². The molecule has 0 bridgehead atoms. The maximum atomic E-state index is 11.8. The summed E-state index contributed by atoms with van der Waals surface area (Å²) in [6.07, 6.45) is -1.05. The first-order valence-electron chi connectivity index (χ1n) is 4.93. The van der Waals surface area contributed by atoms with Crippen LogP contribution in [0.2, 0.25) is 0 Å². The van der Waals surface area contributed by atoms with Crippen LogP contribution in [-0.2, 0) is 9.53 Å². The lowest BCUT2D eigenvalue weighted by molar-refractivity contribution is -0.133. The first-order chi connectivity index (χ1) is 8.07. The molecule has 0 saturated heterocycles. The van der Waals surface area contributed by atoms with E-state index >= 15 is 0 Å². The topological polar surface area (TPSA) is 105 Å². The highest BCUT2D eigenvalue weighted by Crippen LogP contribution is 2.34. The summed E-state index contributed by atoms with van der Waals surface area (Å²) < 4.78 is 4.84. The molecule has 5 N–H and O–H groups in total. The van der Waals surface area contributed by atoms with Crippen molar-refractivity contribution in [1.82, 2.24) is 5.32 Å². The summed E-state index contributed by atoms with van der Waals surface area (Å²) in [7, 11) is 1.43. The molecule has 1 heterocycles. The lowest BCUT2D eigenvalue weighted by Gasteiger charge is -2.26. The number of fused-ring (bicyclic) bond motifs is 1. The van der Waals surface area contributed by atoms with Crippen LogP contribution in [0.15, 0.2) is 24.3 Å². The molecule has 1 aliphatic heterocycles. The summed E-state index contributed by atoms with van der Waals surface area (Å²) in [4.78, 5) is 22.6. The van der Waals surface area contributed by atoms with E-state index in [1.165, 1.54) is 7.05 Å². The van der Waals surface area contributed by atoms with Crippen molar-refractivity contribution >= 4 is 23.4 Å². The quantitative estimate of drug-likeness (QED) is 0.579. The normalized spacial score (nSPS) is 15.1. The van der Waals surface area contributed by atoms with Gasteiger partial charge in [0.15, 0.2) is 0 Å². The Morgan fingerprint density at radius 3 is 2.24 bits per heavy atom. The summed E-state index contributed by atoms with van der Waals surface area (Å²) in [5.41, 5.74) is 6.26. The van der Waals surface area contributed by atoms with Gasteiger partial charge in [-0.15, -0.1) is 0 Å². The average Bonchev–Trinajstić information content (AvgIpc) is 2.65. The van der Waals surface area contributed by atoms with E-state index < -0.39 is 17.8 Å². The molecule has 1 aliphatic rings. The molecule has 2 amide bonds. The van der Waals surface area contributed by atoms with E-state index in [0.29, 0.717) is 11.4 Å². The summed E-state index contributed by atoms with van der Waals surface area (Å²) in [5, 5.41) is 7.96. The zero-order chi connectivity index (χ0) is 12.5. The third kappa shape index (κ3) is 1.82. The van der Waals surface area contributed by atoms with Crippen molar-refractivity contribution in [1.29, 1.82) is 0 Å². The minimum absolute atomic E-state index is 0.549. The lowest BCUT2D eigenvalue weighted by atomic mass is 10.3. The Labute approximate surface area is 97.3 Å². The molecule has 7 nitrogen and oxygen atoms in total. The van der Waals surface area contributed by atoms with Gasteiger partial charge in [0.2, 0.25) is 0 Å². The van der Waals surface area contributed by atoms with Gasteiger partial charge in [-0.05, 0) is 12.1 Å². The predicted molar refractivity (Wildman–Crippen MR) is 61.2 cm³/mol. The van der Waals surface area contributed by atoms with Gasteiger partial charge in [0, 0.05) is 7.05 Å². The molecule has 90 valence electrons. The van der Waals surface area contributed by atoms with Gasteiger partial charge < -0.3 is 26.4 Å². The number of hydrogen-bond acceptors (Lipinski definition) is 5. The number of primary amides is 1. The van der Waals surface area contributed by atoms with Crippen LogP contribution in [0.3, 0.4) is 0 Å². The number of hydrogen-bond donors (Lipinski definition) is 4. The van der Waals surface area contributed by atoms with Crippen LogP contribution >= 0.6 is 0 Å². The van der Waals surface area contributed by atoms with Crippen molar-refractivity contribution in [2.24, 2.45) is 5.73 Å². The van der Waals surface area contributed by atoms with Crippen LogP contribution in [0, 0.1) is 0 Å². The van der Waals surface area contributed by atoms with E-state index in [1.807, 2.05) is 0 Å². The maximum Gasteiger partial charge on any atom is 0.408 e. The van der Waals surface area contributed by atoms with Crippen LogP contribution in [0.4, 0.5) is 16.2 Å². The number of benzene rings is 1. The van der Waals surface area contributed by atoms with E-state index in [-0.39, 0.29) is 0 Å². The standard InChI is InChI=1S/C10H12N4O3/c1-12-8(15)10(17-9(11)16)13-6-4-2-3-5-7(6)14-10/h2-5,13-14H,1H3,(H2,11,16)(H,12,15). The first-order valence-corrected chi connectivity index (χ1v) is 4.93. The largest absolute Gasteiger partial charge is 0.408 e. The Kier molecular flexibility index (Phi) is 2.51. The number of nitrogens with two attached hydrogens (primary N) is 1. The number of nitrogens with one attached hydrogen (secondary N) is 3. The molecule has 0 aromatic heterocycles. The molecule has 1 aromatic carbocycles. The number of amides is 2. The predicted octanol–water partition coefficient (Wildman–Crippen LogP) is 0.0191. The fourth-order valence-corrected chi connectivity index (χ4v) is 1.65. The number of likely N-dealkylation sites (N-methyl/N-ethyl adjacent to an activating group) is 1. The van der Waals surface area contributed by atoms with Crippen LogP contribution < -0.4 is 21.7 Å². The third-order valence-electron chi connectivity index (χ3n) is 2.35. The SMILES string of the molecule is CNC(=O)C1(OC(N)=O)Nc2ccccc2N1. The van der Waals surface area contributed by atoms with Crippen molar-refractivity contribution in [3.63, 3.8) is 0 Å². The Bertz CT molecular complexity index is 449. The molecule has 0 radical (unpaired) electrons. The summed E-state index contributed by atoms with van der Waals surface area (Å²) in [6, 6.07) is 7.07. The number of carbonyl (C=O) groups is 2. The minimum Gasteiger partial charge on any atom is -0.394 e. The van der Waals surface area contributed by atoms with Crippen molar-refractivity contribution < 1.29 is 14.3 Å². The van der Waals surface area contributed by atoms with Gasteiger partial charge in [-0.2, -0.15) is 0 Å². The van der Waals surface area contributed by atoms with E-state index in [2.05, 4.69) is 16.0 Å². The third-order valence-corrected chi connectivity index (χ3v) is 2.35. The first kappa shape index (κ1) is 11.1. The van der Waals surface area contributed by atoms with Gasteiger partial charge >= 0.3 is 17.8 Å². The fraction of sp³-hybridized carbons (Fsp3) is 0.200. The van der Waals surface area contributed by atoms with Crippen molar-refractivity contribution in [2.75, 3.05) is 17.7 Å². The highest BCUT2D eigenvalue weighted by Gasteiger charge is 2.46. The molecule has 0 fully saturated rings. The van der Waals surface area contributed by atoms with Crippen LogP contribution in [-0.4, -0.2) is 24.9 Å². The fourth-order valence-electron chi connectivity index (χ4n) is 1.65. The maximum absolute atomic E-state index is 11.8. The van der Waals surface area contributed by atoms with Gasteiger partial charge in [-0.25, -0.2) is 4.79 Å². The summed E-state index contributed by atoms with van der Waals surface area (Å²) in [6.45, 7) is 0. The smallest absolute Gasteiger partial charge is 0.394 e.